The first-order valence-corrected chi connectivity index (χ1v) is 10.1. The maximum Gasteiger partial charge on any atom is 0.253 e. The lowest BCUT2D eigenvalue weighted by molar-refractivity contribution is 0.0627. The Balaban J connectivity index is 1.33. The second kappa shape index (κ2) is 7.73. The third kappa shape index (κ3) is 3.90. The van der Waals surface area contributed by atoms with Gasteiger partial charge in [0.1, 0.15) is 0 Å². The third-order valence-corrected chi connectivity index (χ3v) is 5.80. The Morgan fingerprint density at radius 2 is 2.04 bits per heavy atom. The predicted molar refractivity (Wildman–Crippen MR) is 105 cm³/mol. The van der Waals surface area contributed by atoms with E-state index in [0.717, 1.165) is 59.2 Å². The zero-order valence-electron chi connectivity index (χ0n) is 14.1. The van der Waals surface area contributed by atoms with Crippen molar-refractivity contribution in [2.45, 2.75) is 6.54 Å². The fourth-order valence-corrected chi connectivity index (χ4v) is 4.21. The number of nitrogens with zero attached hydrogens (tertiary/aromatic N) is 3. The van der Waals surface area contributed by atoms with Crippen LogP contribution in [-0.2, 0) is 6.54 Å². The van der Waals surface area contributed by atoms with Crippen molar-refractivity contribution < 1.29 is 9.21 Å². The lowest BCUT2D eigenvalue weighted by Gasteiger charge is -2.34. The first-order chi connectivity index (χ1) is 12.7. The second-order valence-corrected chi connectivity index (χ2v) is 7.97. The minimum atomic E-state index is 0.0970. The largest absolute Gasteiger partial charge is 0.462 e. The molecule has 0 N–H and O–H groups in total. The van der Waals surface area contributed by atoms with Gasteiger partial charge in [0.15, 0.2) is 10.8 Å². The second-order valence-electron chi connectivity index (χ2n) is 6.20. The van der Waals surface area contributed by atoms with Crippen LogP contribution in [0.4, 0.5) is 0 Å². The smallest absolute Gasteiger partial charge is 0.253 e. The molecule has 7 heteroatoms. The van der Waals surface area contributed by atoms with Gasteiger partial charge in [-0.25, -0.2) is 4.98 Å². The number of hydrogen-bond acceptors (Lipinski definition) is 5. The lowest BCUT2D eigenvalue weighted by Crippen LogP contribution is -2.48. The van der Waals surface area contributed by atoms with Gasteiger partial charge in [-0.2, -0.15) is 0 Å². The zero-order chi connectivity index (χ0) is 17.9. The molecule has 0 unspecified atom stereocenters. The normalized spacial score (nSPS) is 15.3. The van der Waals surface area contributed by atoms with Crippen LogP contribution >= 0.6 is 27.3 Å². The summed E-state index contributed by atoms with van der Waals surface area (Å²) in [5.41, 5.74) is 1.78. The molecule has 0 saturated carbocycles. The van der Waals surface area contributed by atoms with E-state index < -0.39 is 0 Å². The molecule has 1 fully saturated rings. The van der Waals surface area contributed by atoms with Crippen LogP contribution in [0.3, 0.4) is 0 Å². The van der Waals surface area contributed by atoms with Crippen LogP contribution in [0.2, 0.25) is 0 Å². The van der Waals surface area contributed by atoms with Gasteiger partial charge < -0.3 is 9.32 Å². The molecular formula is C19H18BrN3O2S. The number of furan rings is 1. The van der Waals surface area contributed by atoms with Crippen LogP contribution in [0.25, 0.3) is 10.8 Å². The number of carbonyl (C=O) groups excluding carboxylic acids is 1. The van der Waals surface area contributed by atoms with Gasteiger partial charge in [-0.05, 0) is 30.3 Å². The summed E-state index contributed by atoms with van der Waals surface area (Å²) in [6, 6.07) is 11.4. The van der Waals surface area contributed by atoms with E-state index in [1.165, 1.54) is 0 Å². The molecule has 1 saturated heterocycles. The van der Waals surface area contributed by atoms with Crippen molar-refractivity contribution in [1.29, 1.82) is 0 Å². The number of rotatable bonds is 4. The Labute approximate surface area is 164 Å². The summed E-state index contributed by atoms with van der Waals surface area (Å²) in [6.07, 6.45) is 1.66. The van der Waals surface area contributed by atoms with Gasteiger partial charge in [0.25, 0.3) is 5.91 Å². The molecule has 1 aromatic carbocycles. The maximum atomic E-state index is 12.6. The number of aromatic nitrogens is 1. The van der Waals surface area contributed by atoms with E-state index in [1.54, 1.807) is 17.6 Å². The van der Waals surface area contributed by atoms with Gasteiger partial charge in [0.2, 0.25) is 0 Å². The first kappa shape index (κ1) is 17.5. The van der Waals surface area contributed by atoms with Gasteiger partial charge >= 0.3 is 0 Å². The number of benzene rings is 1. The van der Waals surface area contributed by atoms with Crippen molar-refractivity contribution in [3.05, 3.63) is 63.8 Å². The van der Waals surface area contributed by atoms with Gasteiger partial charge in [0.05, 0.1) is 12.0 Å². The number of amides is 1. The quantitative estimate of drug-likeness (QED) is 0.623. The van der Waals surface area contributed by atoms with Crippen molar-refractivity contribution in [3.8, 4) is 10.8 Å². The van der Waals surface area contributed by atoms with E-state index in [-0.39, 0.29) is 5.91 Å². The van der Waals surface area contributed by atoms with E-state index in [9.17, 15) is 4.79 Å². The minimum absolute atomic E-state index is 0.0970. The number of halogens is 1. The third-order valence-electron chi connectivity index (χ3n) is 4.40. The molecule has 5 nitrogen and oxygen atoms in total. The van der Waals surface area contributed by atoms with E-state index in [2.05, 4.69) is 31.2 Å². The Morgan fingerprint density at radius 1 is 1.19 bits per heavy atom. The molecule has 0 atom stereocenters. The number of piperazine rings is 1. The van der Waals surface area contributed by atoms with Crippen molar-refractivity contribution in [2.24, 2.45) is 0 Å². The zero-order valence-corrected chi connectivity index (χ0v) is 16.5. The predicted octanol–water partition coefficient (Wildman–Crippen LogP) is 4.12. The van der Waals surface area contributed by atoms with E-state index in [4.69, 9.17) is 4.42 Å². The summed E-state index contributed by atoms with van der Waals surface area (Å²) >= 11 is 5.03. The molecule has 3 aromatic rings. The summed E-state index contributed by atoms with van der Waals surface area (Å²) in [6.45, 7) is 3.98. The molecule has 2 aromatic heterocycles. The first-order valence-electron chi connectivity index (χ1n) is 8.44. The monoisotopic (exact) mass is 431 g/mol. The van der Waals surface area contributed by atoms with E-state index in [0.29, 0.717) is 0 Å². The highest BCUT2D eigenvalue weighted by molar-refractivity contribution is 9.10. The summed E-state index contributed by atoms with van der Waals surface area (Å²) in [5.74, 6) is 0.908. The van der Waals surface area contributed by atoms with Gasteiger partial charge in [-0.1, -0.05) is 22.0 Å². The average molecular weight is 432 g/mol. The fourth-order valence-electron chi connectivity index (χ4n) is 3.04. The molecule has 1 aliphatic heterocycles. The van der Waals surface area contributed by atoms with Crippen LogP contribution in [-0.4, -0.2) is 46.9 Å². The number of hydrogen-bond donors (Lipinski definition) is 0. The molecule has 0 spiro atoms. The Kier molecular flexibility index (Phi) is 5.19. The molecular weight excluding hydrogens is 414 g/mol. The van der Waals surface area contributed by atoms with Crippen LogP contribution in [0.15, 0.2) is 56.9 Å². The van der Waals surface area contributed by atoms with Gasteiger partial charge in [0, 0.05) is 48.1 Å². The van der Waals surface area contributed by atoms with Crippen molar-refractivity contribution in [2.75, 3.05) is 26.2 Å². The molecule has 1 amide bonds. The van der Waals surface area contributed by atoms with Crippen LogP contribution in [0.5, 0.6) is 0 Å². The molecule has 134 valence electrons. The Hall–Kier alpha value is -1.96. The van der Waals surface area contributed by atoms with Crippen LogP contribution in [0.1, 0.15) is 16.1 Å². The molecule has 0 aliphatic carbocycles. The topological polar surface area (TPSA) is 49.6 Å². The van der Waals surface area contributed by atoms with Crippen molar-refractivity contribution >= 4 is 33.2 Å². The van der Waals surface area contributed by atoms with Gasteiger partial charge in [-0.15, -0.1) is 11.3 Å². The Morgan fingerprint density at radius 3 is 2.77 bits per heavy atom. The molecule has 3 heterocycles. The molecule has 1 aliphatic rings. The minimum Gasteiger partial charge on any atom is -0.462 e. The van der Waals surface area contributed by atoms with Crippen molar-refractivity contribution in [1.82, 2.24) is 14.8 Å². The maximum absolute atomic E-state index is 12.6. The van der Waals surface area contributed by atoms with Crippen molar-refractivity contribution in [3.63, 3.8) is 0 Å². The van der Waals surface area contributed by atoms with Crippen LogP contribution < -0.4 is 0 Å². The highest BCUT2D eigenvalue weighted by Crippen LogP contribution is 2.24. The molecule has 0 bridgehead atoms. The molecule has 26 heavy (non-hydrogen) atoms. The standard InChI is InChI=1S/C19H18BrN3O2S/c20-15-4-1-3-14(11-15)19(24)23-8-6-22(7-9-23)12-16-13-26-18(21-16)17-5-2-10-25-17/h1-5,10-11,13H,6-9,12H2. The van der Waals surface area contributed by atoms with E-state index >= 15 is 0 Å². The fraction of sp³-hybridized carbons (Fsp3) is 0.263. The summed E-state index contributed by atoms with van der Waals surface area (Å²) < 4.78 is 6.33. The Bertz CT molecular complexity index is 886. The average Bonchev–Trinajstić information content (AvgIpc) is 3.33. The molecule has 0 radical (unpaired) electrons. The molecule has 4 rings (SSSR count). The lowest BCUT2D eigenvalue weighted by atomic mass is 10.2. The highest BCUT2D eigenvalue weighted by atomic mass is 79.9. The van der Waals surface area contributed by atoms with Crippen LogP contribution in [0, 0.1) is 0 Å². The summed E-state index contributed by atoms with van der Waals surface area (Å²) in [7, 11) is 0. The summed E-state index contributed by atoms with van der Waals surface area (Å²) in [5, 5.41) is 2.99. The SMILES string of the molecule is O=C(c1cccc(Br)c1)N1CCN(Cc2csc(-c3ccco3)n2)CC1. The number of thiazole rings is 1. The van der Waals surface area contributed by atoms with E-state index in [1.807, 2.05) is 41.3 Å². The van der Waals surface area contributed by atoms with Gasteiger partial charge in [-0.3, -0.25) is 9.69 Å². The highest BCUT2D eigenvalue weighted by Gasteiger charge is 2.23. The summed E-state index contributed by atoms with van der Waals surface area (Å²) in [4.78, 5) is 21.5. The number of carbonyl (C=O) groups is 1.